The third kappa shape index (κ3) is 4.03. The van der Waals surface area contributed by atoms with E-state index in [0.29, 0.717) is 21.8 Å². The number of benzene rings is 1. The largest absolute Gasteiger partial charge is 0.484 e. The van der Waals surface area contributed by atoms with Crippen molar-refractivity contribution in [2.75, 3.05) is 11.9 Å². The van der Waals surface area contributed by atoms with Gasteiger partial charge in [-0.2, -0.15) is 0 Å². The maximum absolute atomic E-state index is 12.0. The number of thiazole rings is 1. The van der Waals surface area contributed by atoms with Crippen LogP contribution in [-0.4, -0.2) is 17.5 Å². The van der Waals surface area contributed by atoms with Crippen LogP contribution in [0.5, 0.6) is 5.75 Å². The molecular weight excluding hydrogens is 332 g/mol. The van der Waals surface area contributed by atoms with Gasteiger partial charge in [0.15, 0.2) is 11.7 Å². The Morgan fingerprint density at radius 1 is 1.52 bits per heavy atom. The first-order chi connectivity index (χ1) is 11.0. The number of carbonyl (C=O) groups is 1. The molecule has 0 aliphatic heterocycles. The normalized spacial score (nSPS) is 16.7. The van der Waals surface area contributed by atoms with Gasteiger partial charge in [-0.3, -0.25) is 10.1 Å². The highest BCUT2D eigenvalue weighted by atomic mass is 35.5. The minimum atomic E-state index is -0.197. The smallest absolute Gasteiger partial charge is 0.264 e. The molecule has 2 aromatic rings. The number of aryl methyl sites for hydroxylation is 2. The Balaban J connectivity index is 1.56. The summed E-state index contributed by atoms with van der Waals surface area (Å²) in [5.74, 6) is 1.13. The third-order valence-corrected chi connectivity index (χ3v) is 5.39. The molecule has 1 amide bonds. The van der Waals surface area contributed by atoms with Crippen molar-refractivity contribution in [1.82, 2.24) is 4.98 Å². The van der Waals surface area contributed by atoms with Crippen molar-refractivity contribution >= 4 is 34.0 Å². The molecule has 0 unspecified atom stereocenters. The quantitative estimate of drug-likeness (QED) is 0.896. The van der Waals surface area contributed by atoms with Crippen molar-refractivity contribution in [3.05, 3.63) is 39.4 Å². The average molecular weight is 351 g/mol. The summed E-state index contributed by atoms with van der Waals surface area (Å²) in [5.41, 5.74) is 2.06. The van der Waals surface area contributed by atoms with Crippen LogP contribution in [0.2, 0.25) is 5.02 Å². The topological polar surface area (TPSA) is 51.2 Å². The second-order valence-corrected chi connectivity index (χ2v) is 7.48. The Morgan fingerprint density at radius 2 is 2.35 bits per heavy atom. The van der Waals surface area contributed by atoms with Crippen LogP contribution in [-0.2, 0) is 17.6 Å². The maximum atomic E-state index is 12.0. The van der Waals surface area contributed by atoms with Crippen LogP contribution in [0.4, 0.5) is 5.13 Å². The molecular formula is C17H19ClN2O2S. The van der Waals surface area contributed by atoms with Crippen molar-refractivity contribution in [2.24, 2.45) is 5.92 Å². The number of anilines is 1. The summed E-state index contributed by atoms with van der Waals surface area (Å²) in [5, 5.41) is 4.18. The Hall–Kier alpha value is -1.59. The van der Waals surface area contributed by atoms with Gasteiger partial charge in [-0.1, -0.05) is 18.5 Å². The van der Waals surface area contributed by atoms with E-state index in [4.69, 9.17) is 16.3 Å². The number of amides is 1. The van der Waals surface area contributed by atoms with Crippen LogP contribution in [0, 0.1) is 12.8 Å². The lowest BCUT2D eigenvalue weighted by Gasteiger charge is -2.15. The van der Waals surface area contributed by atoms with Gasteiger partial charge in [0.05, 0.1) is 5.69 Å². The van der Waals surface area contributed by atoms with E-state index in [0.717, 1.165) is 24.1 Å². The van der Waals surface area contributed by atoms with Crippen LogP contribution in [0.1, 0.15) is 29.5 Å². The fraction of sp³-hybridized carbons (Fsp3) is 0.412. The summed E-state index contributed by atoms with van der Waals surface area (Å²) in [6.45, 7) is 4.11. The number of ether oxygens (including phenoxy) is 1. The number of aromatic nitrogens is 1. The second-order valence-electron chi connectivity index (χ2n) is 5.98. The molecule has 0 saturated heterocycles. The van der Waals surface area contributed by atoms with Crippen LogP contribution in [0.25, 0.3) is 0 Å². The van der Waals surface area contributed by atoms with Gasteiger partial charge in [-0.25, -0.2) is 4.98 Å². The van der Waals surface area contributed by atoms with E-state index in [1.165, 1.54) is 11.3 Å². The number of rotatable bonds is 4. The fourth-order valence-corrected chi connectivity index (χ4v) is 3.91. The van der Waals surface area contributed by atoms with Gasteiger partial charge in [-0.05, 0) is 55.9 Å². The molecule has 1 heterocycles. The molecule has 1 aliphatic rings. The van der Waals surface area contributed by atoms with Gasteiger partial charge in [-0.15, -0.1) is 11.3 Å². The molecule has 6 heteroatoms. The molecule has 0 fully saturated rings. The van der Waals surface area contributed by atoms with E-state index in [1.54, 1.807) is 23.5 Å². The molecule has 1 aliphatic carbocycles. The standard InChI is InChI=1S/C17H19ClN2O2S/c1-10-3-6-14-15(7-10)23-17(19-14)20-16(21)9-22-12-4-5-13(18)11(2)8-12/h4-5,8,10H,3,6-7,9H2,1-2H3,(H,19,20,21)/t10-/m1/s1. The van der Waals surface area contributed by atoms with E-state index < -0.39 is 0 Å². The Labute approximate surface area is 144 Å². The van der Waals surface area contributed by atoms with Crippen LogP contribution < -0.4 is 10.1 Å². The maximum Gasteiger partial charge on any atom is 0.264 e. The Bertz CT molecular complexity index is 729. The molecule has 4 nitrogen and oxygen atoms in total. The molecule has 3 rings (SSSR count). The minimum absolute atomic E-state index is 0.0400. The fourth-order valence-electron chi connectivity index (χ4n) is 2.60. The highest BCUT2D eigenvalue weighted by Gasteiger charge is 2.20. The number of nitrogens with one attached hydrogen (secondary N) is 1. The second kappa shape index (κ2) is 6.89. The summed E-state index contributed by atoms with van der Waals surface area (Å²) < 4.78 is 5.50. The molecule has 0 radical (unpaired) electrons. The Morgan fingerprint density at radius 3 is 3.13 bits per heavy atom. The number of carbonyl (C=O) groups excluding carboxylic acids is 1. The third-order valence-electron chi connectivity index (χ3n) is 3.93. The van der Waals surface area contributed by atoms with Gasteiger partial charge in [0, 0.05) is 9.90 Å². The first-order valence-electron chi connectivity index (χ1n) is 7.68. The summed E-state index contributed by atoms with van der Waals surface area (Å²) in [6, 6.07) is 5.34. The van der Waals surface area contributed by atoms with E-state index in [2.05, 4.69) is 17.2 Å². The van der Waals surface area contributed by atoms with Crippen molar-refractivity contribution in [1.29, 1.82) is 0 Å². The highest BCUT2D eigenvalue weighted by molar-refractivity contribution is 7.15. The van der Waals surface area contributed by atoms with Gasteiger partial charge < -0.3 is 4.74 Å². The molecule has 1 atom stereocenters. The van der Waals surface area contributed by atoms with Crippen molar-refractivity contribution in [2.45, 2.75) is 33.1 Å². The van der Waals surface area contributed by atoms with E-state index in [9.17, 15) is 4.79 Å². The molecule has 0 saturated carbocycles. The monoisotopic (exact) mass is 350 g/mol. The summed E-state index contributed by atoms with van der Waals surface area (Å²) in [7, 11) is 0. The Kier molecular flexibility index (Phi) is 4.87. The SMILES string of the molecule is Cc1cc(OCC(=O)Nc2nc3c(s2)C[C@H](C)CC3)ccc1Cl. The zero-order valence-electron chi connectivity index (χ0n) is 13.2. The molecule has 0 spiro atoms. The van der Waals surface area contributed by atoms with Crippen LogP contribution in [0.3, 0.4) is 0 Å². The van der Waals surface area contributed by atoms with Crippen molar-refractivity contribution < 1.29 is 9.53 Å². The lowest BCUT2D eigenvalue weighted by atomic mass is 9.93. The number of hydrogen-bond acceptors (Lipinski definition) is 4. The van der Waals surface area contributed by atoms with E-state index >= 15 is 0 Å². The van der Waals surface area contributed by atoms with Gasteiger partial charge in [0.2, 0.25) is 0 Å². The first kappa shape index (κ1) is 16.3. The van der Waals surface area contributed by atoms with Gasteiger partial charge in [0.25, 0.3) is 5.91 Å². The molecule has 23 heavy (non-hydrogen) atoms. The molecule has 122 valence electrons. The van der Waals surface area contributed by atoms with Gasteiger partial charge >= 0.3 is 0 Å². The van der Waals surface area contributed by atoms with Gasteiger partial charge in [0.1, 0.15) is 5.75 Å². The number of halogens is 1. The van der Waals surface area contributed by atoms with Crippen LogP contribution >= 0.6 is 22.9 Å². The van der Waals surface area contributed by atoms with Crippen molar-refractivity contribution in [3.63, 3.8) is 0 Å². The minimum Gasteiger partial charge on any atom is -0.484 e. The lowest BCUT2D eigenvalue weighted by molar-refractivity contribution is -0.118. The predicted molar refractivity (Wildman–Crippen MR) is 93.6 cm³/mol. The van der Waals surface area contributed by atoms with E-state index in [1.807, 2.05) is 13.0 Å². The first-order valence-corrected chi connectivity index (χ1v) is 8.88. The zero-order chi connectivity index (χ0) is 16.4. The predicted octanol–water partition coefficient (Wildman–Crippen LogP) is 4.25. The molecule has 0 bridgehead atoms. The molecule has 1 N–H and O–H groups in total. The van der Waals surface area contributed by atoms with Crippen LogP contribution in [0.15, 0.2) is 18.2 Å². The average Bonchev–Trinajstić information content (AvgIpc) is 2.89. The summed E-state index contributed by atoms with van der Waals surface area (Å²) in [6.07, 6.45) is 3.23. The van der Waals surface area contributed by atoms with Crippen molar-refractivity contribution in [3.8, 4) is 5.75 Å². The summed E-state index contributed by atoms with van der Waals surface area (Å²) in [4.78, 5) is 17.8. The molecule has 1 aromatic heterocycles. The lowest BCUT2D eigenvalue weighted by Crippen LogP contribution is -2.20. The molecule has 1 aromatic carbocycles. The summed E-state index contributed by atoms with van der Waals surface area (Å²) >= 11 is 7.55. The highest BCUT2D eigenvalue weighted by Crippen LogP contribution is 2.32. The zero-order valence-corrected chi connectivity index (χ0v) is 14.8. The van der Waals surface area contributed by atoms with E-state index in [-0.39, 0.29) is 12.5 Å². The number of nitrogens with zero attached hydrogens (tertiary/aromatic N) is 1. The number of hydrogen-bond donors (Lipinski definition) is 1. The number of fused-ring (bicyclic) bond motifs is 1.